The van der Waals surface area contributed by atoms with Crippen LogP contribution < -0.4 is 5.32 Å². The number of aromatic nitrogens is 3. The molecule has 1 heterocycles. The summed E-state index contributed by atoms with van der Waals surface area (Å²) in [6.45, 7) is 4.61. The fourth-order valence-corrected chi connectivity index (χ4v) is 8.31. The van der Waals surface area contributed by atoms with E-state index in [0.29, 0.717) is 23.2 Å². The van der Waals surface area contributed by atoms with Crippen molar-refractivity contribution in [1.29, 1.82) is 5.41 Å². The maximum atomic E-state index is 9.65. The van der Waals surface area contributed by atoms with Crippen molar-refractivity contribution in [2.75, 3.05) is 5.32 Å². The Hall–Kier alpha value is -7.50. The Balaban J connectivity index is 1.01. The Morgan fingerprint density at radius 1 is 0.466 bits per heavy atom. The molecule has 0 fully saturated rings. The molecule has 5 nitrogen and oxygen atoms in total. The van der Waals surface area contributed by atoms with Gasteiger partial charge >= 0.3 is 0 Å². The predicted molar refractivity (Wildman–Crippen MR) is 239 cm³/mol. The second kappa shape index (κ2) is 14.2. The van der Waals surface area contributed by atoms with Gasteiger partial charge in [-0.3, -0.25) is 5.41 Å². The highest BCUT2D eigenvalue weighted by atomic mass is 15.0. The smallest absolute Gasteiger partial charge is 0.164 e. The van der Waals surface area contributed by atoms with Crippen LogP contribution in [0.1, 0.15) is 36.1 Å². The molecule has 9 aromatic rings. The zero-order chi connectivity index (χ0) is 39.2. The van der Waals surface area contributed by atoms with Gasteiger partial charge in [0.2, 0.25) is 0 Å². The summed E-state index contributed by atoms with van der Waals surface area (Å²) in [5.41, 5.74) is 13.8. The normalized spacial score (nSPS) is 12.5. The van der Waals surface area contributed by atoms with Crippen LogP contribution in [0.25, 0.3) is 67.2 Å². The first kappa shape index (κ1) is 35.0. The van der Waals surface area contributed by atoms with E-state index >= 15 is 0 Å². The Morgan fingerprint density at radius 2 is 0.983 bits per heavy atom. The Labute approximate surface area is 338 Å². The van der Waals surface area contributed by atoms with Gasteiger partial charge in [0.1, 0.15) is 0 Å². The van der Waals surface area contributed by atoms with E-state index in [1.807, 2.05) is 109 Å². The number of para-hydroxylation sites is 1. The van der Waals surface area contributed by atoms with Crippen LogP contribution in [-0.4, -0.2) is 20.7 Å². The first-order chi connectivity index (χ1) is 28.4. The summed E-state index contributed by atoms with van der Waals surface area (Å²) in [4.78, 5) is 14.9. The third kappa shape index (κ3) is 6.23. The van der Waals surface area contributed by atoms with Gasteiger partial charge < -0.3 is 5.32 Å². The highest BCUT2D eigenvalue weighted by molar-refractivity contribution is 6.21. The summed E-state index contributed by atoms with van der Waals surface area (Å²) < 4.78 is 0. The molecule has 0 radical (unpaired) electrons. The Bertz CT molecular complexity index is 2950. The monoisotopic (exact) mass is 745 g/mol. The highest BCUT2D eigenvalue weighted by Crippen LogP contribution is 2.50. The molecular weight excluding hydrogens is 707 g/mol. The zero-order valence-electron chi connectivity index (χ0n) is 32.2. The molecule has 0 atom stereocenters. The highest BCUT2D eigenvalue weighted by Gasteiger charge is 2.36. The average molecular weight is 746 g/mol. The number of rotatable bonds is 8. The molecule has 0 spiro atoms. The van der Waals surface area contributed by atoms with Crippen LogP contribution in [-0.2, 0) is 5.41 Å². The maximum absolute atomic E-state index is 9.65. The molecule has 8 aromatic carbocycles. The van der Waals surface area contributed by atoms with E-state index in [1.54, 1.807) is 0 Å². The van der Waals surface area contributed by atoms with Crippen molar-refractivity contribution in [2.45, 2.75) is 19.3 Å². The summed E-state index contributed by atoms with van der Waals surface area (Å²) in [6, 6.07) is 64.7. The topological polar surface area (TPSA) is 74.6 Å². The summed E-state index contributed by atoms with van der Waals surface area (Å²) in [5, 5.41) is 15.4. The van der Waals surface area contributed by atoms with Gasteiger partial charge in [-0.2, -0.15) is 0 Å². The molecule has 0 amide bonds. The molecule has 0 unspecified atom stereocenters. The third-order valence-electron chi connectivity index (χ3n) is 11.3. The zero-order valence-corrected chi connectivity index (χ0v) is 32.2. The van der Waals surface area contributed by atoms with Crippen molar-refractivity contribution >= 4 is 27.9 Å². The number of hydrogen-bond acceptors (Lipinski definition) is 5. The van der Waals surface area contributed by atoms with Gasteiger partial charge in [0, 0.05) is 44.6 Å². The van der Waals surface area contributed by atoms with E-state index in [4.69, 9.17) is 15.0 Å². The number of benzene rings is 8. The van der Waals surface area contributed by atoms with Gasteiger partial charge in [-0.05, 0) is 80.6 Å². The molecular formula is C53H39N5. The largest absolute Gasteiger partial charge is 0.355 e. The third-order valence-corrected chi connectivity index (χ3v) is 11.3. The van der Waals surface area contributed by atoms with Crippen molar-refractivity contribution in [3.63, 3.8) is 0 Å². The minimum atomic E-state index is -0.278. The van der Waals surface area contributed by atoms with Gasteiger partial charge in [-0.25, -0.2) is 15.0 Å². The standard InChI is InChI=1S/C53H39N5/c1-53(2)45-32-38(37-20-14-21-39(31-37)49(54)48-42-24-13-12-15-34(42)27-30-47(48)55-41-22-10-5-11-23-41)25-28-43(45)44-29-26-40(33-46(44)53)52-57-50(35-16-6-3-7-17-35)56-51(58-52)36-18-8-4-9-19-36/h3-33,54-55H,1-2H3. The first-order valence-corrected chi connectivity index (χ1v) is 19.6. The molecule has 5 heteroatoms. The Morgan fingerprint density at radius 3 is 1.64 bits per heavy atom. The van der Waals surface area contributed by atoms with Gasteiger partial charge in [0.05, 0.1) is 5.71 Å². The van der Waals surface area contributed by atoms with Gasteiger partial charge in [0.25, 0.3) is 0 Å². The van der Waals surface area contributed by atoms with Gasteiger partial charge in [0.15, 0.2) is 17.5 Å². The van der Waals surface area contributed by atoms with Crippen LogP contribution in [0.5, 0.6) is 0 Å². The number of fused-ring (bicyclic) bond motifs is 4. The van der Waals surface area contributed by atoms with E-state index in [9.17, 15) is 5.41 Å². The minimum Gasteiger partial charge on any atom is -0.355 e. The van der Waals surface area contributed by atoms with Gasteiger partial charge in [-0.15, -0.1) is 0 Å². The van der Waals surface area contributed by atoms with Crippen LogP contribution in [0, 0.1) is 5.41 Å². The molecule has 0 saturated carbocycles. The van der Waals surface area contributed by atoms with Crippen LogP contribution >= 0.6 is 0 Å². The lowest BCUT2D eigenvalue weighted by molar-refractivity contribution is 0.661. The van der Waals surface area contributed by atoms with Crippen molar-refractivity contribution < 1.29 is 0 Å². The van der Waals surface area contributed by atoms with Crippen LogP contribution in [0.2, 0.25) is 0 Å². The van der Waals surface area contributed by atoms with Crippen LogP contribution in [0.4, 0.5) is 11.4 Å². The number of hydrogen-bond donors (Lipinski definition) is 2. The van der Waals surface area contributed by atoms with Crippen LogP contribution in [0.3, 0.4) is 0 Å². The van der Waals surface area contributed by atoms with E-state index in [2.05, 4.69) is 98.0 Å². The van der Waals surface area contributed by atoms with Crippen molar-refractivity contribution in [3.05, 3.63) is 210 Å². The summed E-state index contributed by atoms with van der Waals surface area (Å²) in [6.07, 6.45) is 0. The van der Waals surface area contributed by atoms with Crippen molar-refractivity contribution in [3.8, 4) is 56.4 Å². The first-order valence-electron chi connectivity index (χ1n) is 19.6. The molecule has 10 rings (SSSR count). The van der Waals surface area contributed by atoms with E-state index < -0.39 is 0 Å². The molecule has 2 N–H and O–H groups in total. The quantitative estimate of drug-likeness (QED) is 0.152. The molecule has 58 heavy (non-hydrogen) atoms. The van der Waals surface area contributed by atoms with Crippen molar-refractivity contribution in [1.82, 2.24) is 15.0 Å². The summed E-state index contributed by atoms with van der Waals surface area (Å²) in [5.74, 6) is 1.95. The number of nitrogens with one attached hydrogen (secondary N) is 2. The van der Waals surface area contributed by atoms with Crippen LogP contribution in [0.15, 0.2) is 188 Å². The molecule has 0 aliphatic heterocycles. The molecule has 0 saturated heterocycles. The number of anilines is 2. The maximum Gasteiger partial charge on any atom is 0.164 e. The van der Waals surface area contributed by atoms with Crippen molar-refractivity contribution in [2.24, 2.45) is 0 Å². The molecule has 0 bridgehead atoms. The predicted octanol–water partition coefficient (Wildman–Crippen LogP) is 13.2. The molecule has 276 valence electrons. The molecule has 1 aliphatic carbocycles. The second-order valence-electron chi connectivity index (χ2n) is 15.3. The number of nitrogens with zero attached hydrogens (tertiary/aromatic N) is 3. The lowest BCUT2D eigenvalue weighted by atomic mass is 9.81. The summed E-state index contributed by atoms with van der Waals surface area (Å²) in [7, 11) is 0. The second-order valence-corrected chi connectivity index (χ2v) is 15.3. The minimum absolute atomic E-state index is 0.278. The fraction of sp³-hybridized carbons (Fsp3) is 0.0566. The van der Waals surface area contributed by atoms with E-state index in [1.165, 1.54) is 22.3 Å². The summed E-state index contributed by atoms with van der Waals surface area (Å²) >= 11 is 0. The lowest BCUT2D eigenvalue weighted by Gasteiger charge is -2.22. The molecule has 1 aromatic heterocycles. The fourth-order valence-electron chi connectivity index (χ4n) is 8.31. The van der Waals surface area contributed by atoms with E-state index in [0.717, 1.165) is 61.1 Å². The lowest BCUT2D eigenvalue weighted by Crippen LogP contribution is -2.15. The van der Waals surface area contributed by atoms with Gasteiger partial charge in [-0.1, -0.05) is 166 Å². The molecule has 1 aliphatic rings. The average Bonchev–Trinajstić information content (AvgIpc) is 3.51. The van der Waals surface area contributed by atoms with E-state index in [-0.39, 0.29) is 5.41 Å². The Kier molecular flexibility index (Phi) is 8.57. The SMILES string of the molecule is CC1(C)c2cc(-c3cccc(C(=N)c4c(Nc5ccccc5)ccc5ccccc45)c3)ccc2-c2ccc(-c3nc(-c4ccccc4)nc(-c4ccccc4)n3)cc21.